The van der Waals surface area contributed by atoms with Gasteiger partial charge in [-0.05, 0) is 12.1 Å². The third-order valence-electron chi connectivity index (χ3n) is 3.12. The van der Waals surface area contributed by atoms with Crippen LogP contribution in [0.2, 0.25) is 0 Å². The van der Waals surface area contributed by atoms with Crippen LogP contribution in [-0.4, -0.2) is 30.5 Å². The van der Waals surface area contributed by atoms with Crippen molar-refractivity contribution in [1.82, 2.24) is 5.16 Å². The summed E-state index contributed by atoms with van der Waals surface area (Å²) in [5, 5.41) is 13.4. The molecule has 0 aliphatic carbocycles. The molecule has 0 amide bonds. The van der Waals surface area contributed by atoms with E-state index in [1.807, 2.05) is 13.8 Å². The lowest BCUT2D eigenvalue weighted by Gasteiger charge is -2.09. The number of carbonyl (C=O) groups is 1. The van der Waals surface area contributed by atoms with Crippen LogP contribution in [0.3, 0.4) is 0 Å². The zero-order valence-electron chi connectivity index (χ0n) is 12.3. The second-order valence-electron chi connectivity index (χ2n) is 4.80. The molecule has 21 heavy (non-hydrogen) atoms. The summed E-state index contributed by atoms with van der Waals surface area (Å²) in [5.41, 5.74) is 0.866. The Labute approximate surface area is 122 Å². The quantitative estimate of drug-likeness (QED) is 0.911. The van der Waals surface area contributed by atoms with Crippen LogP contribution in [0.25, 0.3) is 11.3 Å². The van der Waals surface area contributed by atoms with Crippen molar-refractivity contribution in [1.29, 1.82) is 0 Å². The summed E-state index contributed by atoms with van der Waals surface area (Å²) in [6.07, 6.45) is 0. The minimum Gasteiger partial charge on any atom is -0.497 e. The SMILES string of the molecule is COc1ccc(-c2noc(C(C)C)c2C(=O)O)c(OC)c1. The minimum atomic E-state index is -1.08. The highest BCUT2D eigenvalue weighted by Crippen LogP contribution is 2.37. The highest BCUT2D eigenvalue weighted by molar-refractivity contribution is 5.96. The zero-order valence-corrected chi connectivity index (χ0v) is 12.3. The average molecular weight is 291 g/mol. The van der Waals surface area contributed by atoms with Crippen LogP contribution in [0.15, 0.2) is 22.7 Å². The standard InChI is InChI=1S/C15H17NO5/c1-8(2)14-12(15(17)18)13(16-21-14)10-6-5-9(19-3)7-11(10)20-4/h5-8H,1-4H3,(H,17,18). The van der Waals surface area contributed by atoms with Crippen molar-refractivity contribution in [3.8, 4) is 22.8 Å². The van der Waals surface area contributed by atoms with Crippen LogP contribution in [0.5, 0.6) is 11.5 Å². The van der Waals surface area contributed by atoms with E-state index in [4.69, 9.17) is 14.0 Å². The molecule has 6 heteroatoms. The predicted molar refractivity (Wildman–Crippen MR) is 76.1 cm³/mol. The number of rotatable bonds is 5. The Kier molecular flexibility index (Phi) is 4.16. The van der Waals surface area contributed by atoms with Gasteiger partial charge in [-0.2, -0.15) is 0 Å². The van der Waals surface area contributed by atoms with Crippen LogP contribution in [0.4, 0.5) is 0 Å². The number of methoxy groups -OCH3 is 2. The Morgan fingerprint density at radius 2 is 2.00 bits per heavy atom. The summed E-state index contributed by atoms with van der Waals surface area (Å²) >= 11 is 0. The fourth-order valence-electron chi connectivity index (χ4n) is 2.08. The van der Waals surface area contributed by atoms with E-state index in [-0.39, 0.29) is 17.2 Å². The number of ether oxygens (including phenoxy) is 2. The maximum atomic E-state index is 11.5. The highest BCUT2D eigenvalue weighted by atomic mass is 16.5. The van der Waals surface area contributed by atoms with Gasteiger partial charge in [-0.3, -0.25) is 0 Å². The summed E-state index contributed by atoms with van der Waals surface area (Å²) in [7, 11) is 3.05. The summed E-state index contributed by atoms with van der Waals surface area (Å²) in [6.45, 7) is 3.70. The molecule has 0 aliphatic heterocycles. The lowest BCUT2D eigenvalue weighted by atomic mass is 10.0. The fraction of sp³-hybridized carbons (Fsp3) is 0.333. The van der Waals surface area contributed by atoms with E-state index >= 15 is 0 Å². The van der Waals surface area contributed by atoms with E-state index in [9.17, 15) is 9.90 Å². The van der Waals surface area contributed by atoms with E-state index in [0.29, 0.717) is 22.8 Å². The van der Waals surface area contributed by atoms with Crippen LogP contribution < -0.4 is 9.47 Å². The molecule has 2 rings (SSSR count). The molecule has 0 spiro atoms. The second kappa shape index (κ2) is 5.87. The number of benzene rings is 1. The molecule has 0 bridgehead atoms. The number of aromatic carboxylic acids is 1. The molecule has 1 aromatic carbocycles. The molecule has 0 saturated heterocycles. The molecule has 2 aromatic rings. The highest BCUT2D eigenvalue weighted by Gasteiger charge is 2.27. The molecule has 1 heterocycles. The van der Waals surface area contributed by atoms with E-state index < -0.39 is 5.97 Å². The van der Waals surface area contributed by atoms with Gasteiger partial charge in [0.1, 0.15) is 22.8 Å². The van der Waals surface area contributed by atoms with E-state index in [0.717, 1.165) is 0 Å². The van der Waals surface area contributed by atoms with Crippen LogP contribution in [0.1, 0.15) is 35.9 Å². The average Bonchev–Trinajstić information content (AvgIpc) is 2.91. The van der Waals surface area contributed by atoms with Crippen molar-refractivity contribution in [3.05, 3.63) is 29.5 Å². The first-order valence-electron chi connectivity index (χ1n) is 6.44. The smallest absolute Gasteiger partial charge is 0.341 e. The van der Waals surface area contributed by atoms with E-state index in [2.05, 4.69) is 5.16 Å². The Morgan fingerprint density at radius 1 is 1.29 bits per heavy atom. The molecule has 1 N–H and O–H groups in total. The third-order valence-corrected chi connectivity index (χ3v) is 3.12. The number of carboxylic acids is 1. The van der Waals surface area contributed by atoms with Gasteiger partial charge in [0, 0.05) is 17.5 Å². The maximum absolute atomic E-state index is 11.5. The first-order chi connectivity index (χ1) is 9.99. The monoisotopic (exact) mass is 291 g/mol. The molecule has 6 nitrogen and oxygen atoms in total. The largest absolute Gasteiger partial charge is 0.497 e. The first kappa shape index (κ1) is 14.9. The Hall–Kier alpha value is -2.50. The van der Waals surface area contributed by atoms with E-state index in [1.165, 1.54) is 7.11 Å². The van der Waals surface area contributed by atoms with Crippen molar-refractivity contribution in [2.45, 2.75) is 19.8 Å². The summed E-state index contributed by atoms with van der Waals surface area (Å²) < 4.78 is 15.6. The van der Waals surface area contributed by atoms with E-state index in [1.54, 1.807) is 25.3 Å². The Bertz CT molecular complexity index is 660. The van der Waals surface area contributed by atoms with Gasteiger partial charge in [-0.25, -0.2) is 4.79 Å². The Morgan fingerprint density at radius 3 is 2.52 bits per heavy atom. The zero-order chi connectivity index (χ0) is 15.6. The van der Waals surface area contributed by atoms with Gasteiger partial charge in [-0.15, -0.1) is 0 Å². The minimum absolute atomic E-state index is 0.0634. The van der Waals surface area contributed by atoms with Crippen molar-refractivity contribution < 1.29 is 23.9 Å². The number of hydrogen-bond donors (Lipinski definition) is 1. The lowest BCUT2D eigenvalue weighted by molar-refractivity contribution is 0.0694. The second-order valence-corrected chi connectivity index (χ2v) is 4.80. The van der Waals surface area contributed by atoms with Gasteiger partial charge in [0.2, 0.25) is 0 Å². The summed E-state index contributed by atoms with van der Waals surface area (Å²) in [4.78, 5) is 11.5. The maximum Gasteiger partial charge on any atom is 0.341 e. The first-order valence-corrected chi connectivity index (χ1v) is 6.44. The van der Waals surface area contributed by atoms with Crippen molar-refractivity contribution in [2.24, 2.45) is 0 Å². The third kappa shape index (κ3) is 2.69. The topological polar surface area (TPSA) is 81.8 Å². The van der Waals surface area contributed by atoms with Gasteiger partial charge >= 0.3 is 5.97 Å². The Balaban J connectivity index is 2.64. The molecule has 112 valence electrons. The van der Waals surface area contributed by atoms with Crippen molar-refractivity contribution in [2.75, 3.05) is 14.2 Å². The molecule has 0 saturated carbocycles. The fourth-order valence-corrected chi connectivity index (χ4v) is 2.08. The molecule has 0 fully saturated rings. The molecule has 0 radical (unpaired) electrons. The molecule has 0 atom stereocenters. The predicted octanol–water partition coefficient (Wildman–Crippen LogP) is 3.18. The number of nitrogens with zero attached hydrogens (tertiary/aromatic N) is 1. The van der Waals surface area contributed by atoms with Gasteiger partial charge in [-0.1, -0.05) is 19.0 Å². The van der Waals surface area contributed by atoms with Crippen LogP contribution >= 0.6 is 0 Å². The van der Waals surface area contributed by atoms with Gasteiger partial charge in [0.05, 0.1) is 14.2 Å². The van der Waals surface area contributed by atoms with Gasteiger partial charge < -0.3 is 19.1 Å². The summed E-state index contributed by atoms with van der Waals surface area (Å²) in [5.74, 6) is 0.269. The summed E-state index contributed by atoms with van der Waals surface area (Å²) in [6, 6.07) is 5.09. The normalized spacial score (nSPS) is 10.7. The molecule has 0 aliphatic rings. The molecular formula is C15H17NO5. The van der Waals surface area contributed by atoms with Gasteiger partial charge in [0.25, 0.3) is 0 Å². The molecular weight excluding hydrogens is 274 g/mol. The van der Waals surface area contributed by atoms with Crippen molar-refractivity contribution >= 4 is 5.97 Å². The molecule has 1 aromatic heterocycles. The number of hydrogen-bond acceptors (Lipinski definition) is 5. The molecule has 0 unspecified atom stereocenters. The van der Waals surface area contributed by atoms with Crippen molar-refractivity contribution in [3.63, 3.8) is 0 Å². The van der Waals surface area contributed by atoms with Gasteiger partial charge in [0.15, 0.2) is 5.76 Å². The number of carboxylic acid groups (broad SMARTS) is 1. The number of aromatic nitrogens is 1. The van der Waals surface area contributed by atoms with Crippen LogP contribution in [-0.2, 0) is 0 Å². The van der Waals surface area contributed by atoms with Crippen LogP contribution in [0, 0.1) is 0 Å². The lowest BCUT2D eigenvalue weighted by Crippen LogP contribution is -2.03.